The second kappa shape index (κ2) is 6.36. The van der Waals surface area contributed by atoms with Crippen LogP contribution in [0, 0.1) is 5.92 Å². The number of hydrogen-bond donors (Lipinski definition) is 0. The fourth-order valence-electron chi connectivity index (χ4n) is 3.13. The van der Waals surface area contributed by atoms with Gasteiger partial charge in [-0.2, -0.15) is 0 Å². The molecule has 0 spiro atoms. The summed E-state index contributed by atoms with van der Waals surface area (Å²) in [7, 11) is -0.294. The summed E-state index contributed by atoms with van der Waals surface area (Å²) in [4.78, 5) is 2.40. The zero-order chi connectivity index (χ0) is 17.5. The summed E-state index contributed by atoms with van der Waals surface area (Å²) in [5.74, 6) is 0.539. The van der Waals surface area contributed by atoms with Crippen LogP contribution in [0.5, 0.6) is 0 Å². The van der Waals surface area contributed by atoms with E-state index in [4.69, 9.17) is 14.0 Å². The van der Waals surface area contributed by atoms with Crippen LogP contribution in [-0.2, 0) is 14.0 Å². The lowest BCUT2D eigenvalue weighted by molar-refractivity contribution is 0.00578. The molecule has 2 fully saturated rings. The van der Waals surface area contributed by atoms with Crippen LogP contribution >= 0.6 is 0 Å². The molecule has 0 aromatic heterocycles. The maximum Gasteiger partial charge on any atom is 0.494 e. The van der Waals surface area contributed by atoms with E-state index in [2.05, 4.69) is 70.7 Å². The topological polar surface area (TPSA) is 30.9 Å². The minimum absolute atomic E-state index is 0.294. The molecule has 2 aliphatic heterocycles. The maximum absolute atomic E-state index is 6.13. The summed E-state index contributed by atoms with van der Waals surface area (Å²) in [6.07, 6.45) is 0.307. The molecule has 24 heavy (non-hydrogen) atoms. The molecule has 5 heteroatoms. The molecule has 0 amide bonds. The Balaban J connectivity index is 1.70. The van der Waals surface area contributed by atoms with E-state index in [1.165, 1.54) is 5.69 Å². The molecule has 0 aliphatic carbocycles. The highest BCUT2D eigenvalue weighted by Gasteiger charge is 2.51. The Morgan fingerprint density at radius 1 is 1.04 bits per heavy atom. The van der Waals surface area contributed by atoms with Crippen LogP contribution in [0.4, 0.5) is 5.69 Å². The number of nitrogens with zero attached hydrogens (tertiary/aromatic N) is 1. The standard InChI is InChI=1S/C19H30BNO3/c1-14(2)17-13-21(11-12-22-17)16-9-7-15(8-10-16)20-23-18(3,4)19(5,6)24-20/h7-10,14,17H,11-13H2,1-6H3/t17-/m1/s1. The van der Waals surface area contributed by atoms with Gasteiger partial charge in [-0.05, 0) is 51.2 Å². The van der Waals surface area contributed by atoms with Gasteiger partial charge >= 0.3 is 7.12 Å². The smallest absolute Gasteiger partial charge is 0.399 e. The second-order valence-electron chi connectivity index (χ2n) is 8.28. The van der Waals surface area contributed by atoms with Crippen LogP contribution in [0.15, 0.2) is 24.3 Å². The van der Waals surface area contributed by atoms with Crippen molar-refractivity contribution in [3.05, 3.63) is 24.3 Å². The van der Waals surface area contributed by atoms with E-state index >= 15 is 0 Å². The third-order valence-electron chi connectivity index (χ3n) is 5.62. The molecule has 0 saturated carbocycles. The van der Waals surface area contributed by atoms with Gasteiger partial charge < -0.3 is 18.9 Å². The highest BCUT2D eigenvalue weighted by atomic mass is 16.7. The molecule has 0 N–H and O–H groups in total. The number of hydrogen-bond acceptors (Lipinski definition) is 4. The van der Waals surface area contributed by atoms with Crippen molar-refractivity contribution in [3.8, 4) is 0 Å². The van der Waals surface area contributed by atoms with Crippen LogP contribution in [0.25, 0.3) is 0 Å². The fourth-order valence-corrected chi connectivity index (χ4v) is 3.13. The van der Waals surface area contributed by atoms with Gasteiger partial charge in [0.15, 0.2) is 0 Å². The molecular weight excluding hydrogens is 301 g/mol. The minimum atomic E-state index is -0.301. The quantitative estimate of drug-likeness (QED) is 0.797. The molecule has 0 radical (unpaired) electrons. The predicted octanol–water partition coefficient (Wildman–Crippen LogP) is 2.85. The van der Waals surface area contributed by atoms with Crippen molar-refractivity contribution in [2.75, 3.05) is 24.6 Å². The lowest BCUT2D eigenvalue weighted by Crippen LogP contribution is -2.45. The molecule has 3 rings (SSSR count). The van der Waals surface area contributed by atoms with Crippen LogP contribution in [0.2, 0.25) is 0 Å². The summed E-state index contributed by atoms with van der Waals surface area (Å²) in [5.41, 5.74) is 1.71. The molecule has 132 valence electrons. The first-order valence-electron chi connectivity index (χ1n) is 9.02. The Kier molecular flexibility index (Phi) is 4.71. The molecule has 0 unspecified atom stereocenters. The van der Waals surface area contributed by atoms with Crippen molar-refractivity contribution in [3.63, 3.8) is 0 Å². The highest BCUT2D eigenvalue weighted by Crippen LogP contribution is 2.36. The van der Waals surface area contributed by atoms with Crippen LogP contribution < -0.4 is 10.4 Å². The van der Waals surface area contributed by atoms with E-state index in [0.717, 1.165) is 25.2 Å². The van der Waals surface area contributed by atoms with Crippen LogP contribution in [-0.4, -0.2) is 44.1 Å². The Hall–Kier alpha value is -1.04. The number of benzene rings is 1. The fraction of sp³-hybridized carbons (Fsp3) is 0.684. The Morgan fingerprint density at radius 3 is 2.17 bits per heavy atom. The first-order chi connectivity index (χ1) is 11.2. The van der Waals surface area contributed by atoms with E-state index < -0.39 is 0 Å². The van der Waals surface area contributed by atoms with Gasteiger partial charge in [-0.1, -0.05) is 26.0 Å². The summed E-state index contributed by atoms with van der Waals surface area (Å²) < 4.78 is 18.1. The van der Waals surface area contributed by atoms with E-state index in [9.17, 15) is 0 Å². The molecule has 2 heterocycles. The minimum Gasteiger partial charge on any atom is -0.399 e. The monoisotopic (exact) mass is 331 g/mol. The van der Waals surface area contributed by atoms with Gasteiger partial charge in [0.1, 0.15) is 0 Å². The van der Waals surface area contributed by atoms with Gasteiger partial charge in [-0.15, -0.1) is 0 Å². The maximum atomic E-state index is 6.13. The molecule has 0 bridgehead atoms. The van der Waals surface area contributed by atoms with Gasteiger partial charge in [-0.25, -0.2) is 0 Å². The van der Waals surface area contributed by atoms with Gasteiger partial charge in [0, 0.05) is 18.8 Å². The Bertz CT molecular complexity index is 554. The normalized spacial score (nSPS) is 26.2. The first-order valence-corrected chi connectivity index (χ1v) is 9.02. The SMILES string of the molecule is CC(C)[C@H]1CN(c2ccc(B3OC(C)(C)C(C)(C)O3)cc2)CCO1. The molecule has 2 aliphatic rings. The second-order valence-corrected chi connectivity index (χ2v) is 8.28. The Morgan fingerprint density at radius 2 is 1.62 bits per heavy atom. The van der Waals surface area contributed by atoms with Gasteiger partial charge in [0.2, 0.25) is 0 Å². The first kappa shape index (κ1) is 17.8. The predicted molar refractivity (Wildman–Crippen MR) is 98.9 cm³/mol. The van der Waals surface area contributed by atoms with Crippen LogP contribution in [0.3, 0.4) is 0 Å². The van der Waals surface area contributed by atoms with E-state index in [1.54, 1.807) is 0 Å². The average Bonchev–Trinajstić information content (AvgIpc) is 2.76. The zero-order valence-electron chi connectivity index (χ0n) is 15.8. The number of morpholine rings is 1. The van der Waals surface area contributed by atoms with Crippen molar-refractivity contribution >= 4 is 18.3 Å². The van der Waals surface area contributed by atoms with E-state index in [0.29, 0.717) is 12.0 Å². The lowest BCUT2D eigenvalue weighted by Gasteiger charge is -2.36. The van der Waals surface area contributed by atoms with Crippen LogP contribution in [0.1, 0.15) is 41.5 Å². The Labute approximate surface area is 146 Å². The molecule has 1 aromatic carbocycles. The molecule has 1 aromatic rings. The van der Waals surface area contributed by atoms with Gasteiger partial charge in [-0.3, -0.25) is 0 Å². The van der Waals surface area contributed by atoms with Crippen molar-refractivity contribution in [2.45, 2.75) is 58.8 Å². The number of rotatable bonds is 3. The van der Waals surface area contributed by atoms with Gasteiger partial charge in [0.05, 0.1) is 23.9 Å². The molecule has 4 nitrogen and oxygen atoms in total. The third kappa shape index (κ3) is 3.35. The number of anilines is 1. The van der Waals surface area contributed by atoms with Crippen molar-refractivity contribution in [1.29, 1.82) is 0 Å². The van der Waals surface area contributed by atoms with E-state index in [1.807, 2.05) is 0 Å². The average molecular weight is 331 g/mol. The van der Waals surface area contributed by atoms with Crippen molar-refractivity contribution in [2.24, 2.45) is 5.92 Å². The highest BCUT2D eigenvalue weighted by molar-refractivity contribution is 6.62. The lowest BCUT2D eigenvalue weighted by atomic mass is 9.79. The van der Waals surface area contributed by atoms with E-state index in [-0.39, 0.29) is 18.3 Å². The third-order valence-corrected chi connectivity index (χ3v) is 5.62. The molecular formula is C19H30BNO3. The summed E-state index contributed by atoms with van der Waals surface area (Å²) in [6.45, 7) is 15.5. The summed E-state index contributed by atoms with van der Waals surface area (Å²) >= 11 is 0. The zero-order valence-corrected chi connectivity index (χ0v) is 15.8. The molecule has 1 atom stereocenters. The summed E-state index contributed by atoms with van der Waals surface area (Å²) in [6, 6.07) is 8.58. The molecule has 2 saturated heterocycles. The largest absolute Gasteiger partial charge is 0.494 e. The van der Waals surface area contributed by atoms with Crippen molar-refractivity contribution < 1.29 is 14.0 Å². The van der Waals surface area contributed by atoms with Crippen molar-refractivity contribution in [1.82, 2.24) is 0 Å². The van der Waals surface area contributed by atoms with Gasteiger partial charge in [0.25, 0.3) is 0 Å². The summed E-state index contributed by atoms with van der Waals surface area (Å²) in [5, 5.41) is 0. The number of ether oxygens (including phenoxy) is 1.